The Morgan fingerprint density at radius 2 is 2.00 bits per heavy atom. The summed E-state index contributed by atoms with van der Waals surface area (Å²) in [5, 5.41) is 6.69. The van der Waals surface area contributed by atoms with Crippen LogP contribution in [0.25, 0.3) is 0 Å². The van der Waals surface area contributed by atoms with Crippen molar-refractivity contribution in [3.63, 3.8) is 0 Å². The minimum atomic E-state index is -0.306. The zero-order chi connectivity index (χ0) is 18.5. The Hall–Kier alpha value is -2.70. The summed E-state index contributed by atoms with van der Waals surface area (Å²) in [7, 11) is 0. The van der Waals surface area contributed by atoms with Gasteiger partial charge in [0, 0.05) is 25.0 Å². The van der Waals surface area contributed by atoms with Gasteiger partial charge in [-0.25, -0.2) is 9.97 Å². The molecule has 0 atom stereocenters. The normalized spacial score (nSPS) is 10.4. The molecule has 2 heterocycles. The van der Waals surface area contributed by atoms with E-state index in [1.807, 2.05) is 12.1 Å². The number of carbonyl (C=O) groups excluding carboxylic acids is 1. The Labute approximate surface area is 160 Å². The third-order valence-corrected chi connectivity index (χ3v) is 4.28. The number of hydrogen-bond donors (Lipinski definition) is 2. The maximum absolute atomic E-state index is 12.4. The maximum Gasteiger partial charge on any atom is 0.270 e. The van der Waals surface area contributed by atoms with Gasteiger partial charge in [-0.1, -0.05) is 35.3 Å². The number of rotatable bonds is 5. The Bertz CT molecular complexity index is 934. The monoisotopic (exact) mass is 387 g/mol. The van der Waals surface area contributed by atoms with Gasteiger partial charge < -0.3 is 10.6 Å². The summed E-state index contributed by atoms with van der Waals surface area (Å²) in [5.41, 5.74) is 1.75. The van der Waals surface area contributed by atoms with Gasteiger partial charge in [-0.3, -0.25) is 9.78 Å². The number of nitrogens with zero attached hydrogens (tertiary/aromatic N) is 3. The van der Waals surface area contributed by atoms with Crippen LogP contribution in [-0.4, -0.2) is 20.9 Å². The number of nitrogens with one attached hydrogen (secondary N) is 2. The van der Waals surface area contributed by atoms with Gasteiger partial charge in [0.05, 0.1) is 15.7 Å². The molecule has 0 aliphatic heterocycles. The highest BCUT2D eigenvalue weighted by atomic mass is 35.5. The summed E-state index contributed by atoms with van der Waals surface area (Å²) in [6, 6.07) is 10.5. The molecule has 0 bridgehead atoms. The van der Waals surface area contributed by atoms with Gasteiger partial charge in [0.25, 0.3) is 5.91 Å². The first-order chi connectivity index (χ1) is 12.5. The smallest absolute Gasteiger partial charge is 0.270 e. The predicted molar refractivity (Wildman–Crippen MR) is 102 cm³/mol. The van der Waals surface area contributed by atoms with Gasteiger partial charge in [-0.15, -0.1) is 0 Å². The van der Waals surface area contributed by atoms with Crippen molar-refractivity contribution in [3.05, 3.63) is 75.9 Å². The quantitative estimate of drug-likeness (QED) is 0.686. The fraction of sp³-hybridized carbons (Fsp3) is 0.111. The SMILES string of the molecule is Cc1nc(Nc2cccc(Cl)c2Cl)cc(C(=O)NCc2cccnc2)n1. The number of carbonyl (C=O) groups is 1. The van der Waals surface area contributed by atoms with Crippen LogP contribution >= 0.6 is 23.2 Å². The van der Waals surface area contributed by atoms with E-state index in [9.17, 15) is 4.79 Å². The number of hydrogen-bond acceptors (Lipinski definition) is 5. The number of anilines is 2. The summed E-state index contributed by atoms with van der Waals surface area (Å²) in [6.07, 6.45) is 3.37. The van der Waals surface area contributed by atoms with Crippen LogP contribution in [0.5, 0.6) is 0 Å². The lowest BCUT2D eigenvalue weighted by atomic mass is 10.2. The van der Waals surface area contributed by atoms with E-state index in [1.54, 1.807) is 43.6 Å². The van der Waals surface area contributed by atoms with E-state index in [0.29, 0.717) is 33.9 Å². The van der Waals surface area contributed by atoms with Crippen LogP contribution in [-0.2, 0) is 6.54 Å². The molecule has 1 aromatic carbocycles. The molecule has 0 unspecified atom stereocenters. The number of pyridine rings is 1. The summed E-state index contributed by atoms with van der Waals surface area (Å²) in [5.74, 6) is 0.604. The fourth-order valence-electron chi connectivity index (χ4n) is 2.26. The Balaban J connectivity index is 1.76. The van der Waals surface area contributed by atoms with Crippen LogP contribution in [0.4, 0.5) is 11.5 Å². The van der Waals surface area contributed by atoms with E-state index in [0.717, 1.165) is 5.56 Å². The lowest BCUT2D eigenvalue weighted by Crippen LogP contribution is -2.24. The van der Waals surface area contributed by atoms with Crippen molar-refractivity contribution in [2.24, 2.45) is 0 Å². The maximum atomic E-state index is 12.4. The van der Waals surface area contributed by atoms with Crippen molar-refractivity contribution in [1.29, 1.82) is 0 Å². The Morgan fingerprint density at radius 3 is 2.77 bits per heavy atom. The summed E-state index contributed by atoms with van der Waals surface area (Å²) in [6.45, 7) is 2.07. The number of aryl methyl sites for hydroxylation is 1. The van der Waals surface area contributed by atoms with Crippen molar-refractivity contribution < 1.29 is 4.79 Å². The van der Waals surface area contributed by atoms with Crippen LogP contribution in [0.15, 0.2) is 48.8 Å². The van der Waals surface area contributed by atoms with Crippen LogP contribution in [0, 0.1) is 6.92 Å². The molecule has 3 aromatic rings. The second-order valence-corrected chi connectivity index (χ2v) is 6.24. The van der Waals surface area contributed by atoms with Gasteiger partial charge in [0.2, 0.25) is 0 Å². The van der Waals surface area contributed by atoms with E-state index < -0.39 is 0 Å². The molecule has 2 aromatic heterocycles. The second kappa shape index (κ2) is 8.12. The minimum Gasteiger partial charge on any atom is -0.347 e. The first-order valence-electron chi connectivity index (χ1n) is 7.77. The molecule has 0 aliphatic rings. The first kappa shape index (κ1) is 18.1. The molecular formula is C18H15Cl2N5O. The zero-order valence-corrected chi connectivity index (χ0v) is 15.3. The molecule has 0 fully saturated rings. The summed E-state index contributed by atoms with van der Waals surface area (Å²) in [4.78, 5) is 24.9. The fourth-order valence-corrected chi connectivity index (χ4v) is 2.61. The van der Waals surface area contributed by atoms with Gasteiger partial charge in [-0.2, -0.15) is 0 Å². The van der Waals surface area contributed by atoms with Gasteiger partial charge >= 0.3 is 0 Å². The third-order valence-electron chi connectivity index (χ3n) is 3.46. The molecule has 3 rings (SSSR count). The first-order valence-corrected chi connectivity index (χ1v) is 8.52. The van der Waals surface area contributed by atoms with E-state index in [-0.39, 0.29) is 11.6 Å². The number of amides is 1. The van der Waals surface area contributed by atoms with E-state index in [2.05, 4.69) is 25.6 Å². The van der Waals surface area contributed by atoms with Crippen molar-refractivity contribution in [2.45, 2.75) is 13.5 Å². The topological polar surface area (TPSA) is 79.8 Å². The molecule has 1 amide bonds. The minimum absolute atomic E-state index is 0.252. The molecule has 0 spiro atoms. The van der Waals surface area contributed by atoms with Crippen molar-refractivity contribution in [2.75, 3.05) is 5.32 Å². The molecule has 0 radical (unpaired) electrons. The van der Waals surface area contributed by atoms with E-state index in [4.69, 9.17) is 23.2 Å². The molecule has 6 nitrogen and oxygen atoms in total. The van der Waals surface area contributed by atoms with Crippen molar-refractivity contribution in [3.8, 4) is 0 Å². The molecule has 0 saturated heterocycles. The Morgan fingerprint density at radius 1 is 1.15 bits per heavy atom. The number of halogens is 2. The second-order valence-electron chi connectivity index (χ2n) is 5.46. The van der Waals surface area contributed by atoms with Gasteiger partial charge in [0.1, 0.15) is 17.3 Å². The molecule has 0 saturated carbocycles. The summed E-state index contributed by atoms with van der Waals surface area (Å²) >= 11 is 12.2. The lowest BCUT2D eigenvalue weighted by molar-refractivity contribution is 0.0945. The Kier molecular flexibility index (Phi) is 5.65. The van der Waals surface area contributed by atoms with Crippen molar-refractivity contribution >= 4 is 40.6 Å². The van der Waals surface area contributed by atoms with Crippen LogP contribution in [0.2, 0.25) is 10.0 Å². The standard InChI is InChI=1S/C18H15Cl2N5O/c1-11-23-15(18(26)22-10-12-4-3-7-21-9-12)8-16(24-11)25-14-6-2-5-13(19)17(14)20/h2-9H,10H2,1H3,(H,22,26)(H,23,24,25). The van der Waals surface area contributed by atoms with E-state index in [1.165, 1.54) is 0 Å². The highest BCUT2D eigenvalue weighted by Crippen LogP contribution is 2.31. The van der Waals surface area contributed by atoms with Crippen LogP contribution in [0.3, 0.4) is 0 Å². The number of benzene rings is 1. The molecule has 132 valence electrons. The molecule has 0 aliphatic carbocycles. The highest BCUT2D eigenvalue weighted by Gasteiger charge is 2.12. The van der Waals surface area contributed by atoms with Gasteiger partial charge in [0.15, 0.2) is 0 Å². The third kappa shape index (κ3) is 4.47. The molecule has 2 N–H and O–H groups in total. The zero-order valence-electron chi connectivity index (χ0n) is 13.8. The molecule has 26 heavy (non-hydrogen) atoms. The molecule has 8 heteroatoms. The largest absolute Gasteiger partial charge is 0.347 e. The average molecular weight is 388 g/mol. The van der Waals surface area contributed by atoms with Gasteiger partial charge in [-0.05, 0) is 30.7 Å². The van der Waals surface area contributed by atoms with Crippen LogP contribution in [0.1, 0.15) is 21.9 Å². The van der Waals surface area contributed by atoms with Crippen LogP contribution < -0.4 is 10.6 Å². The van der Waals surface area contributed by atoms with Crippen molar-refractivity contribution in [1.82, 2.24) is 20.3 Å². The average Bonchev–Trinajstić information content (AvgIpc) is 2.64. The summed E-state index contributed by atoms with van der Waals surface area (Å²) < 4.78 is 0. The lowest BCUT2D eigenvalue weighted by Gasteiger charge is -2.11. The predicted octanol–water partition coefficient (Wildman–Crippen LogP) is 4.16. The highest BCUT2D eigenvalue weighted by molar-refractivity contribution is 6.43. The molecular weight excluding hydrogens is 373 g/mol. The number of aromatic nitrogens is 3. The van der Waals surface area contributed by atoms with E-state index >= 15 is 0 Å².